The Kier molecular flexibility index (Phi) is 7.00. The molecule has 1 atom stereocenters. The van der Waals surface area contributed by atoms with E-state index >= 15 is 0 Å². The molecule has 0 saturated heterocycles. The number of oxazole rings is 1. The van der Waals surface area contributed by atoms with Crippen molar-refractivity contribution >= 4 is 16.7 Å². The number of methoxy groups -OCH3 is 1. The van der Waals surface area contributed by atoms with Crippen LogP contribution in [-0.2, 0) is 23.1 Å². The molecule has 1 amide bonds. The maximum Gasteiger partial charge on any atom is 0.251 e. The molecule has 0 radical (unpaired) electrons. The number of aryl methyl sites for hydroxylation is 1. The first-order valence-corrected chi connectivity index (χ1v) is 11.8. The van der Waals surface area contributed by atoms with Gasteiger partial charge in [-0.3, -0.25) is 9.00 Å². The average molecular weight is 461 g/mol. The van der Waals surface area contributed by atoms with Gasteiger partial charge in [0.05, 0.1) is 29.4 Å². The Hall–Kier alpha value is -3.71. The van der Waals surface area contributed by atoms with E-state index in [0.29, 0.717) is 29.5 Å². The Morgan fingerprint density at radius 3 is 2.52 bits per heavy atom. The third-order valence-electron chi connectivity index (χ3n) is 5.15. The SMILES string of the molecule is COc1cccc(CNC(=O)c2ccc(-c3nc(C[S@](=O)c4ccccc4)c(C)o3)cc2)c1. The van der Waals surface area contributed by atoms with Gasteiger partial charge in [0.2, 0.25) is 5.89 Å². The number of rotatable bonds is 8. The first kappa shape index (κ1) is 22.5. The molecule has 168 valence electrons. The van der Waals surface area contributed by atoms with Gasteiger partial charge in [0.25, 0.3) is 5.91 Å². The molecule has 1 aromatic heterocycles. The average Bonchev–Trinajstić information content (AvgIpc) is 3.23. The number of nitrogens with one attached hydrogen (secondary N) is 1. The van der Waals surface area contributed by atoms with E-state index in [0.717, 1.165) is 21.8 Å². The Morgan fingerprint density at radius 1 is 1.03 bits per heavy atom. The Labute approximate surface area is 195 Å². The lowest BCUT2D eigenvalue weighted by Gasteiger charge is -2.07. The molecule has 0 saturated carbocycles. The largest absolute Gasteiger partial charge is 0.497 e. The van der Waals surface area contributed by atoms with E-state index in [9.17, 15) is 9.00 Å². The highest BCUT2D eigenvalue weighted by molar-refractivity contribution is 7.84. The molecule has 1 heterocycles. The van der Waals surface area contributed by atoms with E-state index in [4.69, 9.17) is 9.15 Å². The summed E-state index contributed by atoms with van der Waals surface area (Å²) in [6, 6.07) is 23.9. The molecule has 0 fully saturated rings. The molecule has 33 heavy (non-hydrogen) atoms. The molecule has 3 aromatic carbocycles. The molecular weight excluding hydrogens is 436 g/mol. The second-order valence-electron chi connectivity index (χ2n) is 7.44. The van der Waals surface area contributed by atoms with Crippen molar-refractivity contribution in [2.75, 3.05) is 7.11 Å². The molecule has 0 unspecified atom stereocenters. The summed E-state index contributed by atoms with van der Waals surface area (Å²) < 4.78 is 23.6. The van der Waals surface area contributed by atoms with Crippen LogP contribution in [-0.4, -0.2) is 22.2 Å². The van der Waals surface area contributed by atoms with Gasteiger partial charge < -0.3 is 14.5 Å². The lowest BCUT2D eigenvalue weighted by atomic mass is 10.1. The Morgan fingerprint density at radius 2 is 1.79 bits per heavy atom. The van der Waals surface area contributed by atoms with Gasteiger partial charge in [0, 0.05) is 22.6 Å². The molecule has 4 aromatic rings. The summed E-state index contributed by atoms with van der Waals surface area (Å²) in [5.41, 5.74) is 2.90. The van der Waals surface area contributed by atoms with Gasteiger partial charge in [-0.1, -0.05) is 30.3 Å². The van der Waals surface area contributed by atoms with Crippen LogP contribution in [0.15, 0.2) is 88.2 Å². The molecule has 6 nitrogen and oxygen atoms in total. The van der Waals surface area contributed by atoms with Crippen molar-refractivity contribution < 1.29 is 18.2 Å². The monoisotopic (exact) mass is 460 g/mol. The maximum absolute atomic E-state index is 12.6. The van der Waals surface area contributed by atoms with Crippen molar-refractivity contribution in [2.45, 2.75) is 24.1 Å². The Bertz CT molecular complexity index is 1270. The minimum absolute atomic E-state index is 0.174. The Balaban J connectivity index is 1.41. The summed E-state index contributed by atoms with van der Waals surface area (Å²) in [6.07, 6.45) is 0. The van der Waals surface area contributed by atoms with Crippen molar-refractivity contribution in [1.29, 1.82) is 0 Å². The topological polar surface area (TPSA) is 81.4 Å². The number of nitrogens with zero attached hydrogens (tertiary/aromatic N) is 1. The lowest BCUT2D eigenvalue weighted by molar-refractivity contribution is 0.0951. The minimum atomic E-state index is -1.20. The molecule has 1 N–H and O–H groups in total. The summed E-state index contributed by atoms with van der Waals surface area (Å²) in [7, 11) is 0.410. The summed E-state index contributed by atoms with van der Waals surface area (Å²) in [4.78, 5) is 17.8. The zero-order valence-corrected chi connectivity index (χ0v) is 19.2. The highest BCUT2D eigenvalue weighted by Gasteiger charge is 2.15. The maximum atomic E-state index is 12.6. The fourth-order valence-corrected chi connectivity index (χ4v) is 4.44. The second kappa shape index (κ2) is 10.3. The van der Waals surface area contributed by atoms with Gasteiger partial charge in [-0.25, -0.2) is 4.98 Å². The van der Waals surface area contributed by atoms with E-state index in [2.05, 4.69) is 10.3 Å². The second-order valence-corrected chi connectivity index (χ2v) is 8.89. The van der Waals surface area contributed by atoms with Crippen LogP contribution < -0.4 is 10.1 Å². The molecule has 7 heteroatoms. The molecule has 0 spiro atoms. The van der Waals surface area contributed by atoms with E-state index in [1.165, 1.54) is 0 Å². The molecule has 0 aliphatic carbocycles. The number of ether oxygens (including phenoxy) is 1. The molecule has 0 aliphatic heterocycles. The van der Waals surface area contributed by atoms with Crippen molar-refractivity contribution in [3.05, 3.63) is 101 Å². The fraction of sp³-hybridized carbons (Fsp3) is 0.154. The number of hydrogen-bond acceptors (Lipinski definition) is 5. The predicted octanol–water partition coefficient (Wildman–Crippen LogP) is 4.90. The smallest absolute Gasteiger partial charge is 0.251 e. The normalized spacial score (nSPS) is 11.7. The van der Waals surface area contributed by atoms with Gasteiger partial charge in [-0.05, 0) is 61.0 Å². The van der Waals surface area contributed by atoms with Gasteiger partial charge in [0.1, 0.15) is 11.5 Å². The van der Waals surface area contributed by atoms with Gasteiger partial charge >= 0.3 is 0 Å². The van der Waals surface area contributed by atoms with E-state index in [-0.39, 0.29) is 11.7 Å². The quantitative estimate of drug-likeness (QED) is 0.405. The third-order valence-corrected chi connectivity index (χ3v) is 6.48. The number of aromatic nitrogens is 1. The molecule has 0 aliphatic rings. The predicted molar refractivity (Wildman–Crippen MR) is 127 cm³/mol. The summed E-state index contributed by atoms with van der Waals surface area (Å²) in [6.45, 7) is 2.22. The van der Waals surface area contributed by atoms with E-state index < -0.39 is 10.8 Å². The molecule has 0 bridgehead atoms. The number of benzene rings is 3. The van der Waals surface area contributed by atoms with Crippen molar-refractivity contribution in [3.63, 3.8) is 0 Å². The first-order valence-electron chi connectivity index (χ1n) is 10.4. The van der Waals surface area contributed by atoms with Crippen LogP contribution in [0.4, 0.5) is 0 Å². The molecular formula is C26H24N2O4S. The number of amides is 1. The summed E-state index contributed by atoms with van der Waals surface area (Å²) in [5.74, 6) is 1.93. The zero-order valence-electron chi connectivity index (χ0n) is 18.4. The van der Waals surface area contributed by atoms with Crippen molar-refractivity contribution in [2.24, 2.45) is 0 Å². The van der Waals surface area contributed by atoms with Crippen LogP contribution >= 0.6 is 0 Å². The highest BCUT2D eigenvalue weighted by Crippen LogP contribution is 2.24. The third kappa shape index (κ3) is 5.56. The fourth-order valence-electron chi connectivity index (χ4n) is 3.30. The van der Waals surface area contributed by atoms with E-state index in [1.54, 1.807) is 31.4 Å². The number of carbonyl (C=O) groups is 1. The number of hydrogen-bond donors (Lipinski definition) is 1. The van der Waals surface area contributed by atoms with E-state index in [1.807, 2.05) is 61.5 Å². The first-order chi connectivity index (χ1) is 16.0. The van der Waals surface area contributed by atoms with Crippen LogP contribution in [0.2, 0.25) is 0 Å². The number of carbonyl (C=O) groups excluding carboxylic acids is 1. The summed E-state index contributed by atoms with van der Waals surface area (Å²) >= 11 is 0. The lowest BCUT2D eigenvalue weighted by Crippen LogP contribution is -2.22. The molecule has 4 rings (SSSR count). The minimum Gasteiger partial charge on any atom is -0.497 e. The van der Waals surface area contributed by atoms with Crippen LogP contribution in [0.1, 0.15) is 27.4 Å². The van der Waals surface area contributed by atoms with Crippen LogP contribution in [0.3, 0.4) is 0 Å². The highest BCUT2D eigenvalue weighted by atomic mass is 32.2. The zero-order chi connectivity index (χ0) is 23.2. The standard InChI is InChI=1S/C26H24N2O4S/c1-18-24(17-33(30)23-9-4-3-5-10-23)28-26(32-18)21-13-11-20(12-14-21)25(29)27-16-19-7-6-8-22(15-19)31-2/h3-15H,16-17H2,1-2H3,(H,27,29)/t33-/m0/s1. The van der Waals surface area contributed by atoms with Gasteiger partial charge in [0.15, 0.2) is 0 Å². The van der Waals surface area contributed by atoms with Crippen LogP contribution in [0, 0.1) is 6.92 Å². The van der Waals surface area contributed by atoms with Crippen molar-refractivity contribution in [3.8, 4) is 17.2 Å². The van der Waals surface area contributed by atoms with Gasteiger partial charge in [-0.15, -0.1) is 0 Å². The van der Waals surface area contributed by atoms with Crippen molar-refractivity contribution in [1.82, 2.24) is 10.3 Å². The summed E-state index contributed by atoms with van der Waals surface area (Å²) in [5, 5.41) is 2.91. The van der Waals surface area contributed by atoms with Gasteiger partial charge in [-0.2, -0.15) is 0 Å². The van der Waals surface area contributed by atoms with Crippen LogP contribution in [0.25, 0.3) is 11.5 Å². The van der Waals surface area contributed by atoms with Crippen LogP contribution in [0.5, 0.6) is 5.75 Å².